The number of halogens is 1. The van der Waals surface area contributed by atoms with Crippen molar-refractivity contribution >= 4 is 28.9 Å². The Balaban J connectivity index is 1.67. The van der Waals surface area contributed by atoms with Crippen molar-refractivity contribution in [3.63, 3.8) is 0 Å². The average Bonchev–Trinajstić information content (AvgIpc) is 2.96. The van der Waals surface area contributed by atoms with Crippen molar-refractivity contribution in [1.82, 2.24) is 0 Å². The van der Waals surface area contributed by atoms with E-state index >= 15 is 0 Å². The van der Waals surface area contributed by atoms with Crippen LogP contribution in [0.5, 0.6) is 11.5 Å². The Morgan fingerprint density at radius 3 is 2.69 bits per heavy atom. The van der Waals surface area contributed by atoms with Crippen LogP contribution < -0.4 is 19.7 Å². The molecule has 0 fully saturated rings. The molecule has 6 heteroatoms. The predicted octanol–water partition coefficient (Wildman–Crippen LogP) is 4.14. The van der Waals surface area contributed by atoms with Gasteiger partial charge in [0.1, 0.15) is 11.5 Å². The summed E-state index contributed by atoms with van der Waals surface area (Å²) in [5.41, 5.74) is 3.11. The Labute approximate surface area is 158 Å². The summed E-state index contributed by atoms with van der Waals surface area (Å²) in [6, 6.07) is 12.1. The number of ether oxygens (including phenoxy) is 2. The normalized spacial score (nSPS) is 15.5. The second kappa shape index (κ2) is 7.87. The number of benzene rings is 2. The highest BCUT2D eigenvalue weighted by atomic mass is 35.5. The van der Waals surface area contributed by atoms with Crippen molar-refractivity contribution < 1.29 is 14.3 Å². The predicted molar refractivity (Wildman–Crippen MR) is 105 cm³/mol. The molecule has 1 aliphatic heterocycles. The lowest BCUT2D eigenvalue weighted by molar-refractivity contribution is -0.116. The van der Waals surface area contributed by atoms with Crippen molar-refractivity contribution in [3.05, 3.63) is 47.0 Å². The molecule has 2 aromatic carbocycles. The van der Waals surface area contributed by atoms with Crippen LogP contribution in [-0.2, 0) is 11.2 Å². The smallest absolute Gasteiger partial charge is 0.226 e. The number of hydrogen-bond donors (Lipinski definition) is 1. The van der Waals surface area contributed by atoms with Gasteiger partial charge in [0.2, 0.25) is 5.91 Å². The molecule has 1 heterocycles. The number of fused-ring (bicyclic) bond motifs is 1. The molecule has 5 nitrogen and oxygen atoms in total. The number of anilines is 2. The van der Waals surface area contributed by atoms with E-state index in [9.17, 15) is 4.79 Å². The molecule has 1 unspecified atom stereocenters. The quantitative estimate of drug-likeness (QED) is 0.825. The van der Waals surface area contributed by atoms with E-state index in [1.165, 1.54) is 25.5 Å². The maximum absolute atomic E-state index is 12.5. The fourth-order valence-electron chi connectivity index (χ4n) is 3.36. The third-order valence-electron chi connectivity index (χ3n) is 4.68. The molecule has 0 bridgehead atoms. The highest BCUT2D eigenvalue weighted by Crippen LogP contribution is 2.36. The number of hydrogen-bond acceptors (Lipinski definition) is 4. The van der Waals surface area contributed by atoms with E-state index in [1.807, 2.05) is 6.07 Å². The third kappa shape index (κ3) is 3.73. The Morgan fingerprint density at radius 2 is 1.96 bits per heavy atom. The first-order valence-corrected chi connectivity index (χ1v) is 8.97. The third-order valence-corrected chi connectivity index (χ3v) is 4.97. The lowest BCUT2D eigenvalue weighted by Gasteiger charge is -2.24. The molecule has 0 saturated carbocycles. The van der Waals surface area contributed by atoms with Gasteiger partial charge < -0.3 is 19.7 Å². The molecule has 1 aliphatic rings. The second-order valence-corrected chi connectivity index (χ2v) is 6.77. The summed E-state index contributed by atoms with van der Waals surface area (Å²) in [5.74, 6) is 0.915. The van der Waals surface area contributed by atoms with Crippen molar-refractivity contribution in [2.24, 2.45) is 0 Å². The van der Waals surface area contributed by atoms with Crippen LogP contribution in [0.15, 0.2) is 36.4 Å². The summed E-state index contributed by atoms with van der Waals surface area (Å²) < 4.78 is 10.5. The first kappa shape index (κ1) is 18.4. The van der Waals surface area contributed by atoms with Crippen LogP contribution in [-0.4, -0.2) is 32.7 Å². The summed E-state index contributed by atoms with van der Waals surface area (Å²) >= 11 is 6.10. The molecule has 0 spiro atoms. The lowest BCUT2D eigenvalue weighted by atomic mass is 10.1. The summed E-state index contributed by atoms with van der Waals surface area (Å²) in [5, 5.41) is 3.33. The SMILES string of the molecule is COc1cc(NC(=O)CCN2c3ccccc3CC2C)c(OC)cc1Cl. The molecular formula is C20H23ClN2O3. The molecule has 138 valence electrons. The van der Waals surface area contributed by atoms with Gasteiger partial charge in [-0.25, -0.2) is 0 Å². The van der Waals surface area contributed by atoms with E-state index in [4.69, 9.17) is 21.1 Å². The zero-order valence-electron chi connectivity index (χ0n) is 15.2. The monoisotopic (exact) mass is 374 g/mol. The molecule has 26 heavy (non-hydrogen) atoms. The fraction of sp³-hybridized carbons (Fsp3) is 0.350. The average molecular weight is 375 g/mol. The molecule has 1 atom stereocenters. The number of nitrogens with one attached hydrogen (secondary N) is 1. The Bertz CT molecular complexity index is 810. The summed E-state index contributed by atoms with van der Waals surface area (Å²) in [4.78, 5) is 14.8. The standard InChI is InChI=1S/C20H23ClN2O3/c1-13-10-14-6-4-5-7-17(14)23(13)9-8-20(24)22-16-12-18(25-2)15(21)11-19(16)26-3/h4-7,11-13H,8-10H2,1-3H3,(H,22,24). The number of para-hydroxylation sites is 1. The zero-order chi connectivity index (χ0) is 18.7. The van der Waals surface area contributed by atoms with Gasteiger partial charge in [-0.1, -0.05) is 29.8 Å². The van der Waals surface area contributed by atoms with Crippen molar-refractivity contribution in [1.29, 1.82) is 0 Å². The number of methoxy groups -OCH3 is 2. The Kier molecular flexibility index (Phi) is 5.57. The van der Waals surface area contributed by atoms with E-state index < -0.39 is 0 Å². The highest BCUT2D eigenvalue weighted by Gasteiger charge is 2.25. The van der Waals surface area contributed by atoms with Crippen LogP contribution in [0.4, 0.5) is 11.4 Å². The molecule has 1 amide bonds. The van der Waals surface area contributed by atoms with E-state index in [1.54, 1.807) is 12.1 Å². The molecule has 1 N–H and O–H groups in total. The van der Waals surface area contributed by atoms with Gasteiger partial charge in [-0.05, 0) is 25.0 Å². The van der Waals surface area contributed by atoms with Gasteiger partial charge in [0.25, 0.3) is 0 Å². The van der Waals surface area contributed by atoms with Crippen LogP contribution in [0.3, 0.4) is 0 Å². The zero-order valence-corrected chi connectivity index (χ0v) is 16.0. The topological polar surface area (TPSA) is 50.8 Å². The summed E-state index contributed by atoms with van der Waals surface area (Å²) in [6.45, 7) is 2.85. The first-order chi connectivity index (χ1) is 12.5. The number of amides is 1. The van der Waals surface area contributed by atoms with Crippen LogP contribution >= 0.6 is 11.6 Å². The van der Waals surface area contributed by atoms with E-state index in [0.717, 1.165) is 6.42 Å². The van der Waals surface area contributed by atoms with Crippen molar-refractivity contribution in [2.75, 3.05) is 31.0 Å². The van der Waals surface area contributed by atoms with E-state index in [0.29, 0.717) is 41.2 Å². The van der Waals surface area contributed by atoms with Gasteiger partial charge in [0, 0.05) is 36.8 Å². The van der Waals surface area contributed by atoms with Crippen LogP contribution in [0.25, 0.3) is 0 Å². The highest BCUT2D eigenvalue weighted by molar-refractivity contribution is 6.32. The van der Waals surface area contributed by atoms with Gasteiger partial charge >= 0.3 is 0 Å². The minimum atomic E-state index is -0.0794. The van der Waals surface area contributed by atoms with E-state index in [-0.39, 0.29) is 5.91 Å². The Morgan fingerprint density at radius 1 is 1.23 bits per heavy atom. The molecular weight excluding hydrogens is 352 g/mol. The molecule has 3 rings (SSSR count). The molecule has 2 aromatic rings. The molecule has 0 radical (unpaired) electrons. The van der Waals surface area contributed by atoms with Crippen molar-refractivity contribution in [2.45, 2.75) is 25.8 Å². The molecule has 0 saturated heterocycles. The number of rotatable bonds is 6. The van der Waals surface area contributed by atoms with Crippen LogP contribution in [0.2, 0.25) is 5.02 Å². The maximum atomic E-state index is 12.5. The second-order valence-electron chi connectivity index (χ2n) is 6.36. The molecule has 0 aromatic heterocycles. The summed E-state index contributed by atoms with van der Waals surface area (Å²) in [7, 11) is 3.07. The Hall–Kier alpha value is -2.40. The largest absolute Gasteiger partial charge is 0.495 e. The number of carbonyl (C=O) groups is 1. The fourth-order valence-corrected chi connectivity index (χ4v) is 3.59. The summed E-state index contributed by atoms with van der Waals surface area (Å²) in [6.07, 6.45) is 1.40. The number of nitrogens with zero attached hydrogens (tertiary/aromatic N) is 1. The van der Waals surface area contributed by atoms with Gasteiger partial charge in [-0.2, -0.15) is 0 Å². The maximum Gasteiger partial charge on any atom is 0.226 e. The van der Waals surface area contributed by atoms with Gasteiger partial charge in [0.05, 0.1) is 24.9 Å². The van der Waals surface area contributed by atoms with Gasteiger partial charge in [0.15, 0.2) is 0 Å². The van der Waals surface area contributed by atoms with Gasteiger partial charge in [-0.15, -0.1) is 0 Å². The first-order valence-electron chi connectivity index (χ1n) is 8.59. The minimum Gasteiger partial charge on any atom is -0.495 e. The van der Waals surface area contributed by atoms with Crippen LogP contribution in [0, 0.1) is 0 Å². The van der Waals surface area contributed by atoms with E-state index in [2.05, 4.69) is 35.3 Å². The number of carbonyl (C=O) groups excluding carboxylic acids is 1. The van der Waals surface area contributed by atoms with Gasteiger partial charge in [-0.3, -0.25) is 4.79 Å². The minimum absolute atomic E-state index is 0.0794. The van der Waals surface area contributed by atoms with Crippen molar-refractivity contribution in [3.8, 4) is 11.5 Å². The molecule has 0 aliphatic carbocycles. The van der Waals surface area contributed by atoms with Crippen LogP contribution in [0.1, 0.15) is 18.9 Å². The lowest BCUT2D eigenvalue weighted by Crippen LogP contribution is -2.32.